The van der Waals surface area contributed by atoms with Crippen LogP contribution in [0.5, 0.6) is 0 Å². The lowest BCUT2D eigenvalue weighted by atomic mass is 9.97. The molecule has 5 nitrogen and oxygen atoms in total. The summed E-state index contributed by atoms with van der Waals surface area (Å²) in [5, 5.41) is 21.7. The molecule has 3 N–H and O–H groups in total. The monoisotopic (exact) mass is 336 g/mol. The van der Waals surface area contributed by atoms with Crippen LogP contribution in [0.3, 0.4) is 0 Å². The van der Waals surface area contributed by atoms with Crippen LogP contribution < -0.4 is 5.32 Å². The minimum absolute atomic E-state index is 0.576. The molecule has 0 unspecified atom stereocenters. The summed E-state index contributed by atoms with van der Waals surface area (Å²) in [6, 6.07) is 11.5. The first-order valence-corrected chi connectivity index (χ1v) is 6.71. The standard InChI is InChI=1S/C14H13BrN2O3/c15-11-8-10(6-7-16-11)12(17-14(19)20)13(18)9-4-2-1-3-5-9/h1-8,12-13,17-18H,(H,19,20)/t12-,13-/m1/s1. The maximum absolute atomic E-state index is 11.0. The lowest BCUT2D eigenvalue weighted by Gasteiger charge is -2.23. The minimum atomic E-state index is -1.20. The Morgan fingerprint density at radius 2 is 1.90 bits per heavy atom. The fourth-order valence-corrected chi connectivity index (χ4v) is 2.31. The van der Waals surface area contributed by atoms with Gasteiger partial charge in [0.25, 0.3) is 0 Å². The zero-order valence-corrected chi connectivity index (χ0v) is 12.0. The predicted octanol–water partition coefficient (Wildman–Crippen LogP) is 2.89. The average Bonchev–Trinajstić information content (AvgIpc) is 2.45. The van der Waals surface area contributed by atoms with Gasteiger partial charge in [-0.05, 0) is 39.2 Å². The van der Waals surface area contributed by atoms with E-state index in [0.29, 0.717) is 15.7 Å². The molecule has 20 heavy (non-hydrogen) atoms. The highest BCUT2D eigenvalue weighted by Crippen LogP contribution is 2.29. The van der Waals surface area contributed by atoms with Crippen LogP contribution in [0.1, 0.15) is 23.3 Å². The van der Waals surface area contributed by atoms with Gasteiger partial charge < -0.3 is 15.5 Å². The molecule has 2 rings (SSSR count). The topological polar surface area (TPSA) is 82.5 Å². The van der Waals surface area contributed by atoms with E-state index in [1.807, 2.05) is 6.07 Å². The molecule has 1 aromatic heterocycles. The largest absolute Gasteiger partial charge is 0.465 e. The lowest BCUT2D eigenvalue weighted by Crippen LogP contribution is -2.31. The van der Waals surface area contributed by atoms with Crippen LogP contribution in [0, 0.1) is 0 Å². The first-order valence-electron chi connectivity index (χ1n) is 5.92. The Morgan fingerprint density at radius 3 is 2.50 bits per heavy atom. The van der Waals surface area contributed by atoms with E-state index in [2.05, 4.69) is 26.2 Å². The maximum Gasteiger partial charge on any atom is 0.405 e. The van der Waals surface area contributed by atoms with Crippen molar-refractivity contribution in [1.82, 2.24) is 10.3 Å². The van der Waals surface area contributed by atoms with Gasteiger partial charge in [-0.1, -0.05) is 30.3 Å². The summed E-state index contributed by atoms with van der Waals surface area (Å²) >= 11 is 3.23. The second kappa shape index (κ2) is 6.49. The van der Waals surface area contributed by atoms with Crippen LogP contribution >= 0.6 is 15.9 Å². The molecule has 1 amide bonds. The van der Waals surface area contributed by atoms with Crippen LogP contribution in [0.15, 0.2) is 53.3 Å². The van der Waals surface area contributed by atoms with Gasteiger partial charge >= 0.3 is 6.09 Å². The summed E-state index contributed by atoms with van der Waals surface area (Å²) in [6.07, 6.45) is -0.632. The van der Waals surface area contributed by atoms with E-state index in [0.717, 1.165) is 0 Å². The lowest BCUT2D eigenvalue weighted by molar-refractivity contribution is 0.120. The molecule has 2 aromatic rings. The van der Waals surface area contributed by atoms with Crippen molar-refractivity contribution in [3.8, 4) is 0 Å². The van der Waals surface area contributed by atoms with Crippen molar-refractivity contribution in [2.75, 3.05) is 0 Å². The molecule has 0 fully saturated rings. The van der Waals surface area contributed by atoms with Crippen molar-refractivity contribution < 1.29 is 15.0 Å². The summed E-state index contributed by atoms with van der Waals surface area (Å²) in [4.78, 5) is 14.9. The molecule has 1 heterocycles. The van der Waals surface area contributed by atoms with E-state index in [4.69, 9.17) is 5.11 Å². The normalized spacial score (nSPS) is 13.5. The summed E-state index contributed by atoms with van der Waals surface area (Å²) in [5.74, 6) is 0. The molecule has 0 aliphatic heterocycles. The zero-order chi connectivity index (χ0) is 14.5. The quantitative estimate of drug-likeness (QED) is 0.749. The van der Waals surface area contributed by atoms with Crippen molar-refractivity contribution in [2.24, 2.45) is 0 Å². The van der Waals surface area contributed by atoms with E-state index in [-0.39, 0.29) is 0 Å². The van der Waals surface area contributed by atoms with E-state index >= 15 is 0 Å². The molecule has 0 saturated carbocycles. The van der Waals surface area contributed by atoms with Gasteiger partial charge in [0.15, 0.2) is 0 Å². The number of nitrogens with one attached hydrogen (secondary N) is 1. The predicted molar refractivity (Wildman–Crippen MR) is 77.2 cm³/mol. The van der Waals surface area contributed by atoms with Gasteiger partial charge in [-0.3, -0.25) is 0 Å². The fourth-order valence-electron chi connectivity index (χ4n) is 1.93. The molecular formula is C14H13BrN2O3. The van der Waals surface area contributed by atoms with Gasteiger partial charge in [0.2, 0.25) is 0 Å². The number of hydrogen-bond donors (Lipinski definition) is 3. The summed E-state index contributed by atoms with van der Waals surface area (Å²) in [5.41, 5.74) is 1.27. The second-order valence-electron chi connectivity index (χ2n) is 4.19. The zero-order valence-electron chi connectivity index (χ0n) is 10.4. The van der Waals surface area contributed by atoms with Gasteiger partial charge in [0.1, 0.15) is 10.7 Å². The molecule has 1 aromatic carbocycles. The molecule has 0 radical (unpaired) electrons. The minimum Gasteiger partial charge on any atom is -0.465 e. The fraction of sp³-hybridized carbons (Fsp3) is 0.143. The summed E-state index contributed by atoms with van der Waals surface area (Å²) in [7, 11) is 0. The number of aliphatic hydroxyl groups is 1. The van der Waals surface area contributed by atoms with Crippen LogP contribution in [0.4, 0.5) is 4.79 Å². The Morgan fingerprint density at radius 1 is 1.20 bits per heavy atom. The van der Waals surface area contributed by atoms with Gasteiger partial charge in [-0.15, -0.1) is 0 Å². The number of carboxylic acid groups (broad SMARTS) is 1. The Hall–Kier alpha value is -1.92. The SMILES string of the molecule is O=C(O)N[C@H](c1ccnc(Br)c1)[C@H](O)c1ccccc1. The Balaban J connectivity index is 2.35. The van der Waals surface area contributed by atoms with Crippen LogP contribution in [-0.4, -0.2) is 21.3 Å². The van der Waals surface area contributed by atoms with E-state index in [9.17, 15) is 9.90 Å². The first-order chi connectivity index (χ1) is 9.58. The molecule has 6 heteroatoms. The molecule has 104 valence electrons. The first kappa shape index (κ1) is 14.5. The molecule has 0 aliphatic rings. The number of nitrogens with zero attached hydrogens (tertiary/aromatic N) is 1. The number of carbonyl (C=O) groups is 1. The molecular weight excluding hydrogens is 324 g/mol. The van der Waals surface area contributed by atoms with Gasteiger partial charge in [0.05, 0.1) is 6.04 Å². The Labute approximate surface area is 124 Å². The van der Waals surface area contributed by atoms with Crippen molar-refractivity contribution >= 4 is 22.0 Å². The number of pyridine rings is 1. The smallest absolute Gasteiger partial charge is 0.405 e. The van der Waals surface area contributed by atoms with Gasteiger partial charge in [-0.25, -0.2) is 9.78 Å². The van der Waals surface area contributed by atoms with Crippen molar-refractivity contribution in [1.29, 1.82) is 0 Å². The Bertz CT molecular complexity index is 592. The number of rotatable bonds is 4. The number of aliphatic hydroxyl groups excluding tert-OH is 1. The van der Waals surface area contributed by atoms with E-state index in [1.54, 1.807) is 42.6 Å². The van der Waals surface area contributed by atoms with Crippen molar-refractivity contribution in [3.05, 3.63) is 64.4 Å². The molecule has 2 atom stereocenters. The van der Waals surface area contributed by atoms with Crippen LogP contribution in [-0.2, 0) is 0 Å². The van der Waals surface area contributed by atoms with E-state index < -0.39 is 18.2 Å². The van der Waals surface area contributed by atoms with E-state index in [1.165, 1.54) is 0 Å². The number of halogens is 1. The Kier molecular flexibility index (Phi) is 4.70. The van der Waals surface area contributed by atoms with Crippen LogP contribution in [0.2, 0.25) is 0 Å². The summed E-state index contributed by atoms with van der Waals surface area (Å²) in [6.45, 7) is 0. The number of aromatic nitrogens is 1. The number of benzene rings is 1. The number of amides is 1. The maximum atomic E-state index is 11.0. The third-order valence-corrected chi connectivity index (χ3v) is 3.28. The van der Waals surface area contributed by atoms with Crippen LogP contribution in [0.25, 0.3) is 0 Å². The third-order valence-electron chi connectivity index (χ3n) is 2.85. The molecule has 0 aliphatic carbocycles. The molecule has 0 saturated heterocycles. The third kappa shape index (κ3) is 3.55. The van der Waals surface area contributed by atoms with Crippen molar-refractivity contribution in [3.63, 3.8) is 0 Å². The highest BCUT2D eigenvalue weighted by Gasteiger charge is 2.24. The highest BCUT2D eigenvalue weighted by molar-refractivity contribution is 9.10. The van der Waals surface area contributed by atoms with Crippen molar-refractivity contribution in [2.45, 2.75) is 12.1 Å². The average molecular weight is 337 g/mol. The molecule has 0 spiro atoms. The summed E-state index contributed by atoms with van der Waals surface area (Å²) < 4.78 is 0.576. The van der Waals surface area contributed by atoms with Gasteiger partial charge in [-0.2, -0.15) is 0 Å². The van der Waals surface area contributed by atoms with Gasteiger partial charge in [0, 0.05) is 6.20 Å². The molecule has 0 bridgehead atoms. The number of hydrogen-bond acceptors (Lipinski definition) is 3. The second-order valence-corrected chi connectivity index (χ2v) is 5.01. The highest BCUT2D eigenvalue weighted by atomic mass is 79.9.